The van der Waals surface area contributed by atoms with Gasteiger partial charge in [0.1, 0.15) is 6.04 Å². The molecule has 33 heavy (non-hydrogen) atoms. The molecule has 1 atom stereocenters. The van der Waals surface area contributed by atoms with E-state index in [1.54, 1.807) is 16.7 Å². The van der Waals surface area contributed by atoms with Crippen LogP contribution in [0.25, 0.3) is 0 Å². The molecule has 2 amide bonds. The second-order valence-electron chi connectivity index (χ2n) is 9.16. The molecule has 0 aliphatic heterocycles. The number of carbonyl (C=O) groups excluding carboxylic acids is 2. The molecule has 1 saturated carbocycles. The smallest absolute Gasteiger partial charge is 0.242 e. The van der Waals surface area contributed by atoms with Crippen LogP contribution in [-0.4, -0.2) is 34.6 Å². The van der Waals surface area contributed by atoms with Gasteiger partial charge >= 0.3 is 0 Å². The molecule has 0 unspecified atom stereocenters. The zero-order chi connectivity index (χ0) is 23.8. The van der Waals surface area contributed by atoms with Crippen LogP contribution in [0.1, 0.15) is 61.3 Å². The van der Waals surface area contributed by atoms with Gasteiger partial charge in [0.05, 0.1) is 5.75 Å². The van der Waals surface area contributed by atoms with Crippen molar-refractivity contribution in [2.75, 3.05) is 5.75 Å². The molecule has 2 aromatic rings. The quantitative estimate of drug-likeness (QED) is 0.469. The average molecular weight is 487 g/mol. The minimum absolute atomic E-state index is 0.0318. The number of aryl methyl sites for hydroxylation is 2. The summed E-state index contributed by atoms with van der Waals surface area (Å²) in [6.07, 6.45) is 5.58. The number of amides is 2. The lowest BCUT2D eigenvalue weighted by molar-refractivity contribution is -0.139. The Labute approximate surface area is 207 Å². The summed E-state index contributed by atoms with van der Waals surface area (Å²) in [5, 5.41) is 3.81. The van der Waals surface area contributed by atoms with Gasteiger partial charge in [-0.1, -0.05) is 72.3 Å². The van der Waals surface area contributed by atoms with Gasteiger partial charge in [-0.3, -0.25) is 9.59 Å². The molecule has 0 bridgehead atoms. The summed E-state index contributed by atoms with van der Waals surface area (Å²) in [5.74, 6) is 0.989. The Kier molecular flexibility index (Phi) is 9.69. The second-order valence-corrected chi connectivity index (χ2v) is 10.6. The van der Waals surface area contributed by atoms with E-state index in [2.05, 4.69) is 37.4 Å². The van der Waals surface area contributed by atoms with Crippen LogP contribution in [-0.2, 0) is 21.9 Å². The third-order valence-electron chi connectivity index (χ3n) is 6.14. The molecule has 4 nitrogen and oxygen atoms in total. The van der Waals surface area contributed by atoms with Gasteiger partial charge in [0.2, 0.25) is 11.8 Å². The van der Waals surface area contributed by atoms with Crippen LogP contribution in [0.5, 0.6) is 0 Å². The van der Waals surface area contributed by atoms with Gasteiger partial charge in [0.25, 0.3) is 0 Å². The Balaban J connectivity index is 1.66. The first kappa shape index (κ1) is 25.6. The van der Waals surface area contributed by atoms with Crippen molar-refractivity contribution in [2.45, 2.75) is 77.3 Å². The number of nitrogens with one attached hydrogen (secondary N) is 1. The maximum atomic E-state index is 13.3. The van der Waals surface area contributed by atoms with Crippen LogP contribution in [0.3, 0.4) is 0 Å². The van der Waals surface area contributed by atoms with Crippen molar-refractivity contribution in [1.29, 1.82) is 0 Å². The molecule has 1 aliphatic rings. The molecule has 1 fully saturated rings. The van der Waals surface area contributed by atoms with Crippen LogP contribution in [0.15, 0.2) is 42.5 Å². The SMILES string of the molecule is Cc1cc(C)cc(CSCC(=O)N(Cc2cccc(Cl)c2)[C@@H](C)C(=O)NC2CCCCC2)c1. The van der Waals surface area contributed by atoms with Gasteiger partial charge in [-0.25, -0.2) is 0 Å². The van der Waals surface area contributed by atoms with Crippen LogP contribution in [0, 0.1) is 13.8 Å². The Bertz CT molecular complexity index is 939. The fourth-order valence-corrected chi connectivity index (χ4v) is 5.53. The number of hydrogen-bond acceptors (Lipinski definition) is 3. The summed E-state index contributed by atoms with van der Waals surface area (Å²) in [7, 11) is 0. The molecule has 1 N–H and O–H groups in total. The van der Waals surface area contributed by atoms with Crippen LogP contribution in [0.4, 0.5) is 0 Å². The summed E-state index contributed by atoms with van der Waals surface area (Å²) < 4.78 is 0. The van der Waals surface area contributed by atoms with Crippen molar-refractivity contribution in [3.63, 3.8) is 0 Å². The van der Waals surface area contributed by atoms with Crippen LogP contribution < -0.4 is 5.32 Å². The van der Waals surface area contributed by atoms with E-state index in [0.29, 0.717) is 17.3 Å². The first-order chi connectivity index (χ1) is 15.8. The van der Waals surface area contributed by atoms with Crippen molar-refractivity contribution in [3.8, 4) is 0 Å². The Morgan fingerprint density at radius 2 is 1.76 bits per heavy atom. The minimum atomic E-state index is -0.541. The van der Waals surface area contributed by atoms with Crippen LogP contribution in [0.2, 0.25) is 5.02 Å². The monoisotopic (exact) mass is 486 g/mol. The summed E-state index contributed by atoms with van der Waals surface area (Å²) in [4.78, 5) is 28.0. The number of thioether (sulfide) groups is 1. The standard InChI is InChI=1S/C27H35ClN2O2S/c1-19-12-20(2)14-23(13-19)17-33-18-26(31)30(16-22-8-7-9-24(28)15-22)21(3)27(32)29-25-10-5-4-6-11-25/h7-9,12-15,21,25H,4-6,10-11,16-18H2,1-3H3,(H,29,32)/t21-/m0/s1. The molecule has 6 heteroatoms. The molecular weight excluding hydrogens is 452 g/mol. The fourth-order valence-electron chi connectivity index (χ4n) is 4.47. The predicted octanol–water partition coefficient (Wildman–Crippen LogP) is 6.06. The number of benzene rings is 2. The zero-order valence-electron chi connectivity index (χ0n) is 19.9. The van der Waals surface area contributed by atoms with Crippen molar-refractivity contribution >= 4 is 35.2 Å². The van der Waals surface area contributed by atoms with E-state index >= 15 is 0 Å². The number of carbonyl (C=O) groups is 2. The number of rotatable bonds is 9. The van der Waals surface area contributed by atoms with E-state index in [9.17, 15) is 9.59 Å². The molecule has 0 spiro atoms. The fraction of sp³-hybridized carbons (Fsp3) is 0.481. The molecule has 2 aromatic carbocycles. The maximum Gasteiger partial charge on any atom is 0.242 e. The molecule has 1 aliphatic carbocycles. The highest BCUT2D eigenvalue weighted by atomic mass is 35.5. The Morgan fingerprint density at radius 3 is 2.42 bits per heavy atom. The summed E-state index contributed by atoms with van der Waals surface area (Å²) in [6.45, 7) is 6.37. The molecular formula is C27H35ClN2O2S. The number of halogens is 1. The lowest BCUT2D eigenvalue weighted by Gasteiger charge is -2.31. The van der Waals surface area contributed by atoms with E-state index in [1.165, 1.54) is 23.1 Å². The average Bonchev–Trinajstić information content (AvgIpc) is 2.77. The highest BCUT2D eigenvalue weighted by molar-refractivity contribution is 7.99. The zero-order valence-corrected chi connectivity index (χ0v) is 21.5. The van der Waals surface area contributed by atoms with Crippen molar-refractivity contribution in [1.82, 2.24) is 10.2 Å². The lowest BCUT2D eigenvalue weighted by atomic mass is 9.95. The minimum Gasteiger partial charge on any atom is -0.352 e. The third-order valence-corrected chi connectivity index (χ3v) is 7.36. The predicted molar refractivity (Wildman–Crippen MR) is 139 cm³/mol. The molecule has 0 saturated heterocycles. The van der Waals surface area contributed by atoms with Crippen molar-refractivity contribution < 1.29 is 9.59 Å². The molecule has 0 radical (unpaired) electrons. The largest absolute Gasteiger partial charge is 0.352 e. The van der Waals surface area contributed by atoms with E-state index in [0.717, 1.165) is 37.0 Å². The molecule has 0 heterocycles. The van der Waals surface area contributed by atoms with E-state index in [4.69, 9.17) is 11.6 Å². The normalized spacial score (nSPS) is 15.2. The van der Waals surface area contributed by atoms with Gasteiger partial charge in [-0.2, -0.15) is 0 Å². The highest BCUT2D eigenvalue weighted by Gasteiger charge is 2.28. The topological polar surface area (TPSA) is 49.4 Å². The second kappa shape index (κ2) is 12.5. The van der Waals surface area contributed by atoms with Gasteiger partial charge < -0.3 is 10.2 Å². The van der Waals surface area contributed by atoms with Gasteiger partial charge in [-0.05, 0) is 56.9 Å². The molecule has 0 aromatic heterocycles. The first-order valence-corrected chi connectivity index (χ1v) is 13.3. The van der Waals surface area contributed by atoms with Gasteiger partial charge in [0, 0.05) is 23.4 Å². The first-order valence-electron chi connectivity index (χ1n) is 11.8. The van der Waals surface area contributed by atoms with Gasteiger partial charge in [-0.15, -0.1) is 11.8 Å². The Hall–Kier alpha value is -1.98. The Morgan fingerprint density at radius 1 is 1.06 bits per heavy atom. The molecule has 178 valence electrons. The van der Waals surface area contributed by atoms with E-state index in [1.807, 2.05) is 31.2 Å². The van der Waals surface area contributed by atoms with Gasteiger partial charge in [0.15, 0.2) is 0 Å². The summed E-state index contributed by atoms with van der Waals surface area (Å²) >= 11 is 7.76. The van der Waals surface area contributed by atoms with Crippen molar-refractivity contribution in [2.24, 2.45) is 0 Å². The van der Waals surface area contributed by atoms with E-state index in [-0.39, 0.29) is 17.9 Å². The maximum absolute atomic E-state index is 13.3. The summed E-state index contributed by atoms with van der Waals surface area (Å²) in [5.41, 5.74) is 4.60. The summed E-state index contributed by atoms with van der Waals surface area (Å²) in [6, 6.07) is 13.6. The third kappa shape index (κ3) is 8.08. The number of nitrogens with zero attached hydrogens (tertiary/aromatic N) is 1. The van der Waals surface area contributed by atoms with Crippen LogP contribution >= 0.6 is 23.4 Å². The number of hydrogen-bond donors (Lipinski definition) is 1. The lowest BCUT2D eigenvalue weighted by Crippen LogP contribution is -2.50. The van der Waals surface area contributed by atoms with E-state index < -0.39 is 6.04 Å². The highest BCUT2D eigenvalue weighted by Crippen LogP contribution is 2.21. The van der Waals surface area contributed by atoms with Crippen molar-refractivity contribution in [3.05, 3.63) is 69.7 Å². The molecule has 3 rings (SSSR count).